The van der Waals surface area contributed by atoms with Crippen molar-refractivity contribution in [2.45, 2.75) is 40.5 Å². The normalized spacial score (nSPS) is 18.9. The first-order valence-electron chi connectivity index (χ1n) is 6.34. The van der Waals surface area contributed by atoms with E-state index in [2.05, 4.69) is 15.9 Å². The molecule has 1 aromatic carbocycles. The molecule has 1 fully saturated rings. The lowest BCUT2D eigenvalue weighted by Gasteiger charge is -2.35. The van der Waals surface area contributed by atoms with Crippen LogP contribution in [-0.2, 0) is 9.59 Å². The summed E-state index contributed by atoms with van der Waals surface area (Å²) in [4.78, 5) is 25.9. The van der Waals surface area contributed by atoms with Crippen LogP contribution >= 0.6 is 15.9 Å². The monoisotopic (exact) mass is 323 g/mol. The number of carbonyl (C=O) groups is 2. The van der Waals surface area contributed by atoms with Gasteiger partial charge in [0.1, 0.15) is 0 Å². The molecule has 3 nitrogen and oxygen atoms in total. The standard InChI is InChI=1S/C15H18BrNO2/c1-9-5-10(2)14(11(16)6-9)17-12(18)7-15(3,4)8-13(17)19/h5-6H,7-8H2,1-4H3. The van der Waals surface area contributed by atoms with Gasteiger partial charge in [-0.25, -0.2) is 4.90 Å². The van der Waals surface area contributed by atoms with Crippen molar-refractivity contribution >= 4 is 33.4 Å². The highest BCUT2D eigenvalue weighted by Gasteiger charge is 2.39. The zero-order chi connectivity index (χ0) is 14.4. The van der Waals surface area contributed by atoms with Gasteiger partial charge in [0.15, 0.2) is 0 Å². The number of aryl methyl sites for hydroxylation is 2. The fourth-order valence-corrected chi connectivity index (χ4v) is 3.47. The molecule has 1 saturated heterocycles. The van der Waals surface area contributed by atoms with E-state index in [4.69, 9.17) is 0 Å². The summed E-state index contributed by atoms with van der Waals surface area (Å²) in [6.45, 7) is 7.83. The van der Waals surface area contributed by atoms with Gasteiger partial charge in [0, 0.05) is 17.3 Å². The summed E-state index contributed by atoms with van der Waals surface area (Å²) in [7, 11) is 0. The molecule has 1 aromatic rings. The van der Waals surface area contributed by atoms with E-state index in [0.29, 0.717) is 18.5 Å². The average molecular weight is 324 g/mol. The minimum absolute atomic E-state index is 0.117. The zero-order valence-corrected chi connectivity index (χ0v) is 13.3. The lowest BCUT2D eigenvalue weighted by Crippen LogP contribution is -2.46. The molecule has 0 unspecified atom stereocenters. The Hall–Kier alpha value is -1.16. The third-order valence-electron chi connectivity index (χ3n) is 3.38. The second-order valence-corrected chi connectivity index (χ2v) is 6.91. The number of benzene rings is 1. The van der Waals surface area contributed by atoms with Gasteiger partial charge in [-0.05, 0) is 52.4 Å². The van der Waals surface area contributed by atoms with Crippen LogP contribution < -0.4 is 4.90 Å². The van der Waals surface area contributed by atoms with Crippen LogP contribution in [0.3, 0.4) is 0 Å². The SMILES string of the molecule is Cc1cc(C)c(N2C(=O)CC(C)(C)CC2=O)c(Br)c1. The molecule has 1 aliphatic rings. The molecule has 0 N–H and O–H groups in total. The number of imide groups is 1. The van der Waals surface area contributed by atoms with Crippen LogP contribution in [0.4, 0.5) is 5.69 Å². The van der Waals surface area contributed by atoms with Gasteiger partial charge < -0.3 is 0 Å². The van der Waals surface area contributed by atoms with Gasteiger partial charge in [-0.2, -0.15) is 0 Å². The highest BCUT2D eigenvalue weighted by Crippen LogP contribution is 2.38. The average Bonchev–Trinajstić information content (AvgIpc) is 2.18. The molecule has 0 bridgehead atoms. The third-order valence-corrected chi connectivity index (χ3v) is 3.98. The molecule has 102 valence electrons. The maximum absolute atomic E-state index is 12.3. The second kappa shape index (κ2) is 4.75. The van der Waals surface area contributed by atoms with E-state index in [1.165, 1.54) is 4.90 Å². The fraction of sp³-hybridized carbons (Fsp3) is 0.467. The van der Waals surface area contributed by atoms with Crippen LogP contribution in [0.1, 0.15) is 37.8 Å². The number of nitrogens with zero attached hydrogens (tertiary/aromatic N) is 1. The van der Waals surface area contributed by atoms with Crippen molar-refractivity contribution < 1.29 is 9.59 Å². The quantitative estimate of drug-likeness (QED) is 0.738. The Morgan fingerprint density at radius 1 is 1.11 bits per heavy atom. The van der Waals surface area contributed by atoms with E-state index in [1.54, 1.807) is 0 Å². The van der Waals surface area contributed by atoms with Crippen molar-refractivity contribution in [1.29, 1.82) is 0 Å². The molecule has 2 amide bonds. The number of rotatable bonds is 1. The Kier molecular flexibility index (Phi) is 3.56. The minimum Gasteiger partial charge on any atom is -0.274 e. The lowest BCUT2D eigenvalue weighted by molar-refractivity contribution is -0.132. The van der Waals surface area contributed by atoms with Gasteiger partial charge in [-0.3, -0.25) is 9.59 Å². The zero-order valence-electron chi connectivity index (χ0n) is 11.7. The van der Waals surface area contributed by atoms with Gasteiger partial charge in [0.25, 0.3) is 0 Å². The Morgan fingerprint density at radius 2 is 1.63 bits per heavy atom. The van der Waals surface area contributed by atoms with Crippen molar-refractivity contribution in [3.8, 4) is 0 Å². The predicted molar refractivity (Wildman–Crippen MR) is 79.1 cm³/mol. The van der Waals surface area contributed by atoms with Crippen molar-refractivity contribution in [2.24, 2.45) is 5.41 Å². The summed E-state index contributed by atoms with van der Waals surface area (Å²) < 4.78 is 0.798. The van der Waals surface area contributed by atoms with E-state index < -0.39 is 0 Å². The first-order valence-corrected chi connectivity index (χ1v) is 7.13. The van der Waals surface area contributed by atoms with Gasteiger partial charge in [-0.15, -0.1) is 0 Å². The topological polar surface area (TPSA) is 37.4 Å². The molecule has 0 radical (unpaired) electrons. The van der Waals surface area contributed by atoms with E-state index >= 15 is 0 Å². The summed E-state index contributed by atoms with van der Waals surface area (Å²) >= 11 is 3.47. The summed E-state index contributed by atoms with van der Waals surface area (Å²) in [5.74, 6) is -0.234. The molecule has 1 aliphatic heterocycles. The van der Waals surface area contributed by atoms with Crippen LogP contribution in [0.25, 0.3) is 0 Å². The van der Waals surface area contributed by atoms with Crippen molar-refractivity contribution in [3.05, 3.63) is 27.7 Å². The Labute approximate surface area is 122 Å². The first kappa shape index (κ1) is 14.3. The van der Waals surface area contributed by atoms with Crippen LogP contribution in [0.15, 0.2) is 16.6 Å². The Balaban J connectivity index is 2.48. The molecule has 0 spiro atoms. The number of hydrogen-bond acceptors (Lipinski definition) is 2. The molecule has 0 aliphatic carbocycles. The molecule has 19 heavy (non-hydrogen) atoms. The van der Waals surface area contributed by atoms with Crippen molar-refractivity contribution in [3.63, 3.8) is 0 Å². The number of piperidine rings is 1. The third kappa shape index (κ3) is 2.73. The van der Waals surface area contributed by atoms with E-state index in [9.17, 15) is 9.59 Å². The second-order valence-electron chi connectivity index (χ2n) is 6.05. The molecule has 0 saturated carbocycles. The van der Waals surface area contributed by atoms with E-state index in [1.807, 2.05) is 39.8 Å². The number of halogens is 1. The van der Waals surface area contributed by atoms with Gasteiger partial charge >= 0.3 is 0 Å². The minimum atomic E-state index is -0.240. The smallest absolute Gasteiger partial charge is 0.234 e. The number of carbonyl (C=O) groups excluding carboxylic acids is 2. The van der Waals surface area contributed by atoms with Crippen LogP contribution in [0, 0.1) is 19.3 Å². The van der Waals surface area contributed by atoms with Crippen molar-refractivity contribution in [2.75, 3.05) is 4.90 Å². The highest BCUT2D eigenvalue weighted by molar-refractivity contribution is 9.10. The van der Waals surface area contributed by atoms with Gasteiger partial charge in [-0.1, -0.05) is 19.9 Å². The summed E-state index contributed by atoms with van der Waals surface area (Å²) in [6.07, 6.45) is 0.803. The summed E-state index contributed by atoms with van der Waals surface area (Å²) in [5, 5.41) is 0. The van der Waals surface area contributed by atoms with Crippen LogP contribution in [-0.4, -0.2) is 11.8 Å². The molecule has 0 atom stereocenters. The lowest BCUT2D eigenvalue weighted by atomic mass is 9.81. The Morgan fingerprint density at radius 3 is 2.11 bits per heavy atom. The molecule has 0 aromatic heterocycles. The molecule has 2 rings (SSSR count). The highest BCUT2D eigenvalue weighted by atomic mass is 79.9. The maximum atomic E-state index is 12.3. The Bertz CT molecular complexity index is 520. The predicted octanol–water partition coefficient (Wildman–Crippen LogP) is 3.75. The van der Waals surface area contributed by atoms with Gasteiger partial charge in [0.2, 0.25) is 11.8 Å². The molecular formula is C15H18BrNO2. The van der Waals surface area contributed by atoms with Gasteiger partial charge in [0.05, 0.1) is 5.69 Å². The number of anilines is 1. The molecule has 1 heterocycles. The first-order chi connectivity index (χ1) is 8.71. The van der Waals surface area contributed by atoms with E-state index in [-0.39, 0.29) is 17.2 Å². The molecule has 4 heteroatoms. The maximum Gasteiger partial charge on any atom is 0.234 e. The van der Waals surface area contributed by atoms with Crippen LogP contribution in [0.2, 0.25) is 0 Å². The fourth-order valence-electron chi connectivity index (χ4n) is 2.62. The van der Waals surface area contributed by atoms with Crippen molar-refractivity contribution in [1.82, 2.24) is 0 Å². The van der Waals surface area contributed by atoms with E-state index in [0.717, 1.165) is 15.6 Å². The summed E-state index contributed by atoms with van der Waals surface area (Å²) in [5.41, 5.74) is 2.49. The van der Waals surface area contributed by atoms with Crippen LogP contribution in [0.5, 0.6) is 0 Å². The number of amides is 2. The molecular weight excluding hydrogens is 306 g/mol. The number of hydrogen-bond donors (Lipinski definition) is 0. The largest absolute Gasteiger partial charge is 0.274 e. The summed E-state index contributed by atoms with van der Waals surface area (Å²) in [6, 6.07) is 3.92.